The molecule has 0 amide bonds. The van der Waals surface area contributed by atoms with Crippen molar-refractivity contribution in [3.8, 4) is 0 Å². The molecular formula is C15H23BrO2. The lowest BCUT2D eigenvalue weighted by atomic mass is 10.0. The SMILES string of the molecule is C=CC[C@@H]1C=C[C@H](OC)[C@@H](CCCC(=C)CBr)O1. The van der Waals surface area contributed by atoms with Gasteiger partial charge in [-0.05, 0) is 25.7 Å². The van der Waals surface area contributed by atoms with Crippen molar-refractivity contribution < 1.29 is 9.47 Å². The van der Waals surface area contributed by atoms with Crippen molar-refractivity contribution in [2.45, 2.75) is 44.0 Å². The first-order valence-electron chi connectivity index (χ1n) is 6.41. The second-order valence-electron chi connectivity index (χ2n) is 4.60. The largest absolute Gasteiger partial charge is 0.375 e. The van der Waals surface area contributed by atoms with Gasteiger partial charge >= 0.3 is 0 Å². The minimum absolute atomic E-state index is 0.0725. The molecule has 0 aliphatic carbocycles. The number of rotatable bonds is 8. The fourth-order valence-electron chi connectivity index (χ4n) is 2.09. The van der Waals surface area contributed by atoms with Gasteiger partial charge in [0.05, 0.1) is 12.2 Å². The Morgan fingerprint density at radius 2 is 2.28 bits per heavy atom. The Bertz CT molecular complexity index is 299. The Balaban J connectivity index is 2.43. The van der Waals surface area contributed by atoms with Crippen molar-refractivity contribution in [3.05, 3.63) is 37.0 Å². The summed E-state index contributed by atoms with van der Waals surface area (Å²) in [5.41, 5.74) is 1.23. The van der Waals surface area contributed by atoms with Crippen molar-refractivity contribution in [2.75, 3.05) is 12.4 Å². The Morgan fingerprint density at radius 3 is 2.89 bits per heavy atom. The first-order valence-corrected chi connectivity index (χ1v) is 7.53. The number of hydrogen-bond acceptors (Lipinski definition) is 2. The van der Waals surface area contributed by atoms with Gasteiger partial charge < -0.3 is 9.47 Å². The Kier molecular flexibility index (Phi) is 7.56. The van der Waals surface area contributed by atoms with E-state index in [1.165, 1.54) is 5.57 Å². The molecule has 0 saturated heterocycles. The van der Waals surface area contributed by atoms with E-state index in [-0.39, 0.29) is 18.3 Å². The molecule has 3 heteroatoms. The van der Waals surface area contributed by atoms with Crippen LogP contribution in [-0.4, -0.2) is 30.8 Å². The molecule has 1 rings (SSSR count). The Labute approximate surface area is 119 Å². The molecule has 0 aromatic heterocycles. The first kappa shape index (κ1) is 15.7. The highest BCUT2D eigenvalue weighted by atomic mass is 79.9. The molecule has 1 aliphatic rings. The van der Waals surface area contributed by atoms with Crippen LogP contribution in [0.5, 0.6) is 0 Å². The molecule has 2 nitrogen and oxygen atoms in total. The highest BCUT2D eigenvalue weighted by Gasteiger charge is 2.26. The molecule has 0 N–H and O–H groups in total. The second-order valence-corrected chi connectivity index (χ2v) is 5.16. The monoisotopic (exact) mass is 314 g/mol. The zero-order valence-corrected chi connectivity index (χ0v) is 12.7. The van der Waals surface area contributed by atoms with Crippen molar-refractivity contribution >= 4 is 15.9 Å². The van der Waals surface area contributed by atoms with Gasteiger partial charge in [-0.2, -0.15) is 0 Å². The van der Waals surface area contributed by atoms with Crippen LogP contribution in [0, 0.1) is 0 Å². The van der Waals surface area contributed by atoms with Crippen LogP contribution in [-0.2, 0) is 9.47 Å². The number of alkyl halides is 1. The molecule has 102 valence electrons. The molecule has 18 heavy (non-hydrogen) atoms. The van der Waals surface area contributed by atoms with Crippen LogP contribution in [0.3, 0.4) is 0 Å². The van der Waals surface area contributed by atoms with Crippen LogP contribution in [0.4, 0.5) is 0 Å². The van der Waals surface area contributed by atoms with E-state index in [0.29, 0.717) is 0 Å². The number of hydrogen-bond donors (Lipinski definition) is 0. The van der Waals surface area contributed by atoms with Crippen LogP contribution < -0.4 is 0 Å². The molecule has 0 aromatic carbocycles. The molecule has 0 fully saturated rings. The predicted octanol–water partition coefficient (Wildman–Crippen LogP) is 4.02. The molecule has 0 bridgehead atoms. The van der Waals surface area contributed by atoms with Crippen LogP contribution in [0.25, 0.3) is 0 Å². The molecule has 0 spiro atoms. The van der Waals surface area contributed by atoms with E-state index in [9.17, 15) is 0 Å². The topological polar surface area (TPSA) is 18.5 Å². The third-order valence-electron chi connectivity index (χ3n) is 3.11. The highest BCUT2D eigenvalue weighted by molar-refractivity contribution is 9.09. The molecule has 3 atom stereocenters. The maximum absolute atomic E-state index is 6.02. The van der Waals surface area contributed by atoms with Gasteiger partial charge in [0.25, 0.3) is 0 Å². The van der Waals surface area contributed by atoms with E-state index in [0.717, 1.165) is 31.0 Å². The molecule has 1 heterocycles. The summed E-state index contributed by atoms with van der Waals surface area (Å²) >= 11 is 3.42. The average molecular weight is 315 g/mol. The third kappa shape index (κ3) is 5.09. The van der Waals surface area contributed by atoms with E-state index in [2.05, 4.69) is 41.2 Å². The number of halogens is 1. The Morgan fingerprint density at radius 1 is 1.50 bits per heavy atom. The van der Waals surface area contributed by atoms with Crippen LogP contribution in [0.1, 0.15) is 25.7 Å². The van der Waals surface area contributed by atoms with Gasteiger partial charge in [-0.15, -0.1) is 6.58 Å². The lowest BCUT2D eigenvalue weighted by Crippen LogP contribution is -2.36. The predicted molar refractivity (Wildman–Crippen MR) is 80.2 cm³/mol. The lowest BCUT2D eigenvalue weighted by Gasteiger charge is -2.31. The molecule has 0 radical (unpaired) electrons. The zero-order chi connectivity index (χ0) is 13.4. The fraction of sp³-hybridized carbons (Fsp3) is 0.600. The summed E-state index contributed by atoms with van der Waals surface area (Å²) in [6, 6.07) is 0. The summed E-state index contributed by atoms with van der Waals surface area (Å²) < 4.78 is 11.5. The van der Waals surface area contributed by atoms with Gasteiger partial charge in [0, 0.05) is 12.4 Å². The van der Waals surface area contributed by atoms with E-state index in [4.69, 9.17) is 9.47 Å². The summed E-state index contributed by atoms with van der Waals surface area (Å²) in [5, 5.41) is 0.880. The van der Waals surface area contributed by atoms with E-state index < -0.39 is 0 Å². The molecule has 0 saturated carbocycles. The van der Waals surface area contributed by atoms with Gasteiger partial charge in [-0.1, -0.05) is 46.3 Å². The van der Waals surface area contributed by atoms with Crippen molar-refractivity contribution in [1.29, 1.82) is 0 Å². The highest BCUT2D eigenvalue weighted by Crippen LogP contribution is 2.22. The first-order chi connectivity index (χ1) is 8.71. The van der Waals surface area contributed by atoms with Crippen LogP contribution in [0.15, 0.2) is 37.0 Å². The minimum atomic E-state index is 0.0725. The zero-order valence-electron chi connectivity index (χ0n) is 11.1. The smallest absolute Gasteiger partial charge is 0.101 e. The number of allylic oxidation sites excluding steroid dienone is 1. The summed E-state index contributed by atoms with van der Waals surface area (Å²) in [6.07, 6.45) is 10.4. The molecule has 0 unspecified atom stereocenters. The summed E-state index contributed by atoms with van der Waals surface area (Å²) in [7, 11) is 1.73. The Hall–Kier alpha value is -0.380. The van der Waals surface area contributed by atoms with Crippen LogP contribution in [0.2, 0.25) is 0 Å². The van der Waals surface area contributed by atoms with Crippen LogP contribution >= 0.6 is 15.9 Å². The van der Waals surface area contributed by atoms with Gasteiger partial charge in [-0.25, -0.2) is 0 Å². The van der Waals surface area contributed by atoms with Gasteiger partial charge in [-0.3, -0.25) is 0 Å². The standard InChI is InChI=1S/C15H23BrO2/c1-4-6-13-9-10-14(17-3)15(18-13)8-5-7-12(2)11-16/h4,9-10,13-15H,1-2,5-8,11H2,3H3/t13-,14+,15-/m1/s1. The van der Waals surface area contributed by atoms with E-state index in [1.807, 2.05) is 6.08 Å². The normalized spacial score (nSPS) is 27.1. The quantitative estimate of drug-likeness (QED) is 0.497. The average Bonchev–Trinajstić information content (AvgIpc) is 2.39. The van der Waals surface area contributed by atoms with E-state index >= 15 is 0 Å². The fourth-order valence-corrected chi connectivity index (χ4v) is 2.37. The van der Waals surface area contributed by atoms with Crippen molar-refractivity contribution in [2.24, 2.45) is 0 Å². The minimum Gasteiger partial charge on any atom is -0.375 e. The van der Waals surface area contributed by atoms with Gasteiger partial charge in [0.15, 0.2) is 0 Å². The lowest BCUT2D eigenvalue weighted by molar-refractivity contribution is -0.0726. The molecular weight excluding hydrogens is 292 g/mol. The van der Waals surface area contributed by atoms with E-state index in [1.54, 1.807) is 7.11 Å². The maximum Gasteiger partial charge on any atom is 0.101 e. The van der Waals surface area contributed by atoms with Crippen molar-refractivity contribution in [3.63, 3.8) is 0 Å². The summed E-state index contributed by atoms with van der Waals surface area (Å²) in [6.45, 7) is 7.75. The number of methoxy groups -OCH3 is 1. The number of ether oxygens (including phenoxy) is 2. The van der Waals surface area contributed by atoms with Gasteiger partial charge in [0.1, 0.15) is 6.10 Å². The molecule has 1 aliphatic heterocycles. The molecule has 0 aromatic rings. The third-order valence-corrected chi connectivity index (χ3v) is 3.90. The summed E-state index contributed by atoms with van der Waals surface area (Å²) in [5.74, 6) is 0. The van der Waals surface area contributed by atoms with Crippen molar-refractivity contribution in [1.82, 2.24) is 0 Å². The maximum atomic E-state index is 6.02. The van der Waals surface area contributed by atoms with Gasteiger partial charge in [0.2, 0.25) is 0 Å². The summed E-state index contributed by atoms with van der Waals surface area (Å²) in [4.78, 5) is 0. The second kappa shape index (κ2) is 8.68.